The van der Waals surface area contributed by atoms with Gasteiger partial charge < -0.3 is 0 Å². The Morgan fingerprint density at radius 3 is 3.33 bits per heavy atom. The standard InChI is InChI=1S/C11H15N/c1-2-9-4-3-5-10-8-12-7-6-11(9)10/h3-4,8,10H,2,5-7H2,1H3/t10-/m0/s1. The molecule has 1 heterocycles. The lowest BCUT2D eigenvalue weighted by Gasteiger charge is -2.24. The van der Waals surface area contributed by atoms with Gasteiger partial charge in [-0.3, -0.25) is 4.99 Å². The Kier molecular flexibility index (Phi) is 2.11. The zero-order chi connectivity index (χ0) is 8.39. The normalized spacial score (nSPS) is 27.6. The molecule has 0 radical (unpaired) electrons. The highest BCUT2D eigenvalue weighted by Crippen LogP contribution is 2.30. The van der Waals surface area contributed by atoms with Gasteiger partial charge in [0.2, 0.25) is 0 Å². The molecule has 0 aromatic carbocycles. The van der Waals surface area contributed by atoms with E-state index in [0.29, 0.717) is 5.92 Å². The fourth-order valence-electron chi connectivity index (χ4n) is 2.07. The molecule has 0 spiro atoms. The number of hydrogen-bond acceptors (Lipinski definition) is 1. The number of rotatable bonds is 1. The summed E-state index contributed by atoms with van der Waals surface area (Å²) in [6.45, 7) is 3.24. The van der Waals surface area contributed by atoms with Crippen molar-refractivity contribution in [1.29, 1.82) is 0 Å². The number of hydrogen-bond donors (Lipinski definition) is 0. The molecule has 0 N–H and O–H groups in total. The Hall–Kier alpha value is -0.850. The minimum Gasteiger partial charge on any atom is -0.297 e. The van der Waals surface area contributed by atoms with Crippen molar-refractivity contribution in [2.75, 3.05) is 6.54 Å². The van der Waals surface area contributed by atoms with E-state index < -0.39 is 0 Å². The van der Waals surface area contributed by atoms with E-state index in [4.69, 9.17) is 0 Å². The SMILES string of the molecule is CCC1=C2CCN=C[C@@H]2CC=C1. The van der Waals surface area contributed by atoms with Crippen LogP contribution in [0.3, 0.4) is 0 Å². The number of nitrogens with zero attached hydrogens (tertiary/aromatic N) is 1. The molecule has 0 unspecified atom stereocenters. The highest BCUT2D eigenvalue weighted by atomic mass is 14.7. The van der Waals surface area contributed by atoms with Crippen LogP contribution in [0.1, 0.15) is 26.2 Å². The van der Waals surface area contributed by atoms with E-state index in [9.17, 15) is 0 Å². The first kappa shape index (κ1) is 7.78. The van der Waals surface area contributed by atoms with Crippen molar-refractivity contribution < 1.29 is 0 Å². The second-order valence-electron chi connectivity index (χ2n) is 3.45. The zero-order valence-corrected chi connectivity index (χ0v) is 7.59. The lowest BCUT2D eigenvalue weighted by Crippen LogP contribution is -2.15. The summed E-state index contributed by atoms with van der Waals surface area (Å²) in [4.78, 5) is 4.34. The number of fused-ring (bicyclic) bond motifs is 1. The van der Waals surface area contributed by atoms with Crippen molar-refractivity contribution in [3.05, 3.63) is 23.3 Å². The molecule has 64 valence electrons. The predicted octanol–water partition coefficient (Wildman–Crippen LogP) is 2.74. The average molecular weight is 161 g/mol. The van der Waals surface area contributed by atoms with Gasteiger partial charge in [-0.1, -0.05) is 24.6 Å². The third-order valence-electron chi connectivity index (χ3n) is 2.75. The summed E-state index contributed by atoms with van der Waals surface area (Å²) in [6, 6.07) is 0. The minimum absolute atomic E-state index is 0.638. The van der Waals surface area contributed by atoms with Crippen molar-refractivity contribution in [2.45, 2.75) is 26.2 Å². The highest BCUT2D eigenvalue weighted by molar-refractivity contribution is 5.68. The first-order chi connectivity index (χ1) is 5.92. The van der Waals surface area contributed by atoms with Crippen LogP contribution in [0.4, 0.5) is 0 Å². The smallest absolute Gasteiger partial charge is 0.0423 e. The maximum atomic E-state index is 4.34. The molecule has 2 rings (SSSR count). The van der Waals surface area contributed by atoms with Gasteiger partial charge >= 0.3 is 0 Å². The van der Waals surface area contributed by atoms with Crippen molar-refractivity contribution in [3.8, 4) is 0 Å². The Labute approximate surface area is 73.9 Å². The highest BCUT2D eigenvalue weighted by Gasteiger charge is 2.19. The number of aliphatic imine (C=N–C) groups is 1. The maximum absolute atomic E-state index is 4.34. The maximum Gasteiger partial charge on any atom is 0.0423 e. The Bertz CT molecular complexity index is 258. The fourth-order valence-corrected chi connectivity index (χ4v) is 2.07. The molecule has 0 saturated heterocycles. The van der Waals surface area contributed by atoms with Gasteiger partial charge in [-0.2, -0.15) is 0 Å². The molecule has 12 heavy (non-hydrogen) atoms. The van der Waals surface area contributed by atoms with Crippen LogP contribution in [0, 0.1) is 5.92 Å². The third-order valence-corrected chi connectivity index (χ3v) is 2.75. The van der Waals surface area contributed by atoms with E-state index in [1.165, 1.54) is 19.3 Å². The molecule has 0 saturated carbocycles. The van der Waals surface area contributed by atoms with E-state index >= 15 is 0 Å². The topological polar surface area (TPSA) is 12.4 Å². The summed E-state index contributed by atoms with van der Waals surface area (Å²) in [5.74, 6) is 0.638. The van der Waals surface area contributed by atoms with E-state index in [-0.39, 0.29) is 0 Å². The van der Waals surface area contributed by atoms with Gasteiger partial charge in [0.05, 0.1) is 0 Å². The summed E-state index contributed by atoms with van der Waals surface area (Å²) >= 11 is 0. The largest absolute Gasteiger partial charge is 0.297 e. The van der Waals surface area contributed by atoms with Gasteiger partial charge in [0.1, 0.15) is 0 Å². The molecule has 1 atom stereocenters. The first-order valence-corrected chi connectivity index (χ1v) is 4.80. The first-order valence-electron chi connectivity index (χ1n) is 4.80. The van der Waals surface area contributed by atoms with Gasteiger partial charge in [0.15, 0.2) is 0 Å². The van der Waals surface area contributed by atoms with Gasteiger partial charge in [-0.05, 0) is 24.8 Å². The molecule has 0 aromatic rings. The van der Waals surface area contributed by atoms with Crippen LogP contribution in [-0.2, 0) is 0 Å². The van der Waals surface area contributed by atoms with E-state index in [1.807, 2.05) is 0 Å². The lowest BCUT2D eigenvalue weighted by atomic mass is 9.83. The van der Waals surface area contributed by atoms with Crippen LogP contribution in [0.15, 0.2) is 28.3 Å². The summed E-state index contributed by atoms with van der Waals surface area (Å²) in [6.07, 6.45) is 10.3. The molecule has 0 aromatic heterocycles. The Morgan fingerprint density at radius 2 is 2.50 bits per heavy atom. The fraction of sp³-hybridized carbons (Fsp3) is 0.545. The summed E-state index contributed by atoms with van der Waals surface area (Å²) in [7, 11) is 0. The summed E-state index contributed by atoms with van der Waals surface area (Å²) in [5.41, 5.74) is 3.20. The predicted molar refractivity (Wildman–Crippen MR) is 52.5 cm³/mol. The van der Waals surface area contributed by atoms with Crippen LogP contribution >= 0.6 is 0 Å². The van der Waals surface area contributed by atoms with Gasteiger partial charge in [0, 0.05) is 18.7 Å². The van der Waals surface area contributed by atoms with Crippen LogP contribution in [0.25, 0.3) is 0 Å². The Balaban J connectivity index is 2.33. The van der Waals surface area contributed by atoms with Crippen molar-refractivity contribution in [1.82, 2.24) is 0 Å². The van der Waals surface area contributed by atoms with E-state index in [0.717, 1.165) is 6.54 Å². The molecule has 2 aliphatic rings. The molecule has 0 bridgehead atoms. The molecular formula is C11H15N. The van der Waals surface area contributed by atoms with Crippen LogP contribution < -0.4 is 0 Å². The monoisotopic (exact) mass is 161 g/mol. The van der Waals surface area contributed by atoms with Gasteiger partial charge in [-0.25, -0.2) is 0 Å². The molecule has 1 nitrogen and oxygen atoms in total. The van der Waals surface area contributed by atoms with Gasteiger partial charge in [-0.15, -0.1) is 0 Å². The van der Waals surface area contributed by atoms with Crippen molar-refractivity contribution in [3.63, 3.8) is 0 Å². The molecule has 1 heteroatoms. The lowest BCUT2D eigenvalue weighted by molar-refractivity contribution is 0.707. The van der Waals surface area contributed by atoms with E-state index in [1.54, 1.807) is 11.1 Å². The molecule has 1 aliphatic carbocycles. The minimum atomic E-state index is 0.638. The number of allylic oxidation sites excluding steroid dienone is 3. The molecular weight excluding hydrogens is 146 g/mol. The molecule has 0 amide bonds. The summed E-state index contributed by atoms with van der Waals surface area (Å²) in [5, 5.41) is 0. The molecule has 1 aliphatic heterocycles. The van der Waals surface area contributed by atoms with Crippen LogP contribution in [0.5, 0.6) is 0 Å². The van der Waals surface area contributed by atoms with Crippen molar-refractivity contribution in [2.24, 2.45) is 10.9 Å². The summed E-state index contributed by atoms with van der Waals surface area (Å²) < 4.78 is 0. The third kappa shape index (κ3) is 1.24. The zero-order valence-electron chi connectivity index (χ0n) is 7.59. The van der Waals surface area contributed by atoms with Crippen LogP contribution in [-0.4, -0.2) is 12.8 Å². The van der Waals surface area contributed by atoms with E-state index in [2.05, 4.69) is 30.3 Å². The van der Waals surface area contributed by atoms with Crippen LogP contribution in [0.2, 0.25) is 0 Å². The van der Waals surface area contributed by atoms with Gasteiger partial charge in [0.25, 0.3) is 0 Å². The molecule has 0 fully saturated rings. The van der Waals surface area contributed by atoms with Crippen molar-refractivity contribution >= 4 is 6.21 Å². The Morgan fingerprint density at radius 1 is 1.58 bits per heavy atom. The average Bonchev–Trinajstić information content (AvgIpc) is 2.17. The second kappa shape index (κ2) is 3.26. The second-order valence-corrected chi connectivity index (χ2v) is 3.45. The quantitative estimate of drug-likeness (QED) is 0.560.